The van der Waals surface area contributed by atoms with E-state index in [1.165, 1.54) is 19.3 Å². The summed E-state index contributed by atoms with van der Waals surface area (Å²) in [6.07, 6.45) is 5.49. The molecule has 0 saturated carbocycles. The molecule has 0 saturated heterocycles. The van der Waals surface area contributed by atoms with Gasteiger partial charge in [0.25, 0.3) is 5.91 Å². The minimum atomic E-state index is 0.0286. The quantitative estimate of drug-likeness (QED) is 0.344. The van der Waals surface area contributed by atoms with E-state index in [0.29, 0.717) is 18.8 Å². The summed E-state index contributed by atoms with van der Waals surface area (Å²) < 4.78 is 4.97. The van der Waals surface area contributed by atoms with Crippen LogP contribution >= 0.6 is 0 Å². The molecular formula is C13H25NO2. The first kappa shape index (κ1) is 15.2. The second-order valence-electron chi connectivity index (χ2n) is 3.99. The van der Waals surface area contributed by atoms with Crippen molar-refractivity contribution in [1.82, 2.24) is 4.90 Å². The average molecular weight is 227 g/mol. The molecule has 3 heteroatoms. The standard InChI is InChI=1S/C13H25NO2/c1-5-7-8-9-10-12(3)13(15)14(6-2)11-16-4/h3,5-11H2,1-2,4H3. The van der Waals surface area contributed by atoms with E-state index >= 15 is 0 Å². The third-order valence-electron chi connectivity index (χ3n) is 2.59. The zero-order chi connectivity index (χ0) is 12.4. The smallest absolute Gasteiger partial charge is 0.250 e. The molecule has 0 aliphatic carbocycles. The number of hydrogen-bond donors (Lipinski definition) is 0. The summed E-state index contributed by atoms with van der Waals surface area (Å²) in [4.78, 5) is 13.5. The summed E-state index contributed by atoms with van der Waals surface area (Å²) >= 11 is 0. The molecule has 0 aliphatic rings. The van der Waals surface area contributed by atoms with Gasteiger partial charge in [-0.2, -0.15) is 0 Å². The monoisotopic (exact) mass is 227 g/mol. The topological polar surface area (TPSA) is 29.5 Å². The fraction of sp³-hybridized carbons (Fsp3) is 0.769. The van der Waals surface area contributed by atoms with Gasteiger partial charge in [0.15, 0.2) is 0 Å². The molecule has 0 bridgehead atoms. The molecule has 0 spiro atoms. The van der Waals surface area contributed by atoms with Crippen LogP contribution < -0.4 is 0 Å². The van der Waals surface area contributed by atoms with Crippen LogP contribution in [0.25, 0.3) is 0 Å². The molecule has 0 aromatic heterocycles. The van der Waals surface area contributed by atoms with Crippen LogP contribution in [0, 0.1) is 0 Å². The van der Waals surface area contributed by atoms with E-state index in [2.05, 4.69) is 13.5 Å². The maximum absolute atomic E-state index is 11.9. The summed E-state index contributed by atoms with van der Waals surface area (Å²) in [5, 5.41) is 0. The fourth-order valence-electron chi connectivity index (χ4n) is 1.55. The predicted molar refractivity (Wildman–Crippen MR) is 67.2 cm³/mol. The Labute approximate surface area is 99.5 Å². The zero-order valence-electron chi connectivity index (χ0n) is 10.9. The lowest BCUT2D eigenvalue weighted by Gasteiger charge is -2.20. The van der Waals surface area contributed by atoms with Crippen molar-refractivity contribution < 1.29 is 9.53 Å². The van der Waals surface area contributed by atoms with Crippen molar-refractivity contribution in [3.8, 4) is 0 Å². The summed E-state index contributed by atoms with van der Waals surface area (Å²) in [6.45, 7) is 9.00. The normalized spacial score (nSPS) is 10.2. The van der Waals surface area contributed by atoms with Crippen LogP contribution in [-0.4, -0.2) is 31.2 Å². The summed E-state index contributed by atoms with van der Waals surface area (Å²) in [5.41, 5.74) is 0.704. The predicted octanol–water partition coefficient (Wildman–Crippen LogP) is 2.97. The van der Waals surface area contributed by atoms with Crippen LogP contribution in [0.4, 0.5) is 0 Å². The van der Waals surface area contributed by atoms with Gasteiger partial charge in [0.05, 0.1) is 0 Å². The molecule has 1 amide bonds. The molecule has 0 heterocycles. The van der Waals surface area contributed by atoms with Crippen LogP contribution in [-0.2, 0) is 9.53 Å². The molecule has 0 rings (SSSR count). The fourth-order valence-corrected chi connectivity index (χ4v) is 1.55. The SMILES string of the molecule is C=C(CCCCCC)C(=O)N(CC)COC. The molecule has 16 heavy (non-hydrogen) atoms. The van der Waals surface area contributed by atoms with Crippen LogP contribution in [0.5, 0.6) is 0 Å². The van der Waals surface area contributed by atoms with Crippen molar-refractivity contribution in [3.05, 3.63) is 12.2 Å². The van der Waals surface area contributed by atoms with Gasteiger partial charge in [-0.1, -0.05) is 32.8 Å². The Morgan fingerprint density at radius 2 is 1.94 bits per heavy atom. The van der Waals surface area contributed by atoms with Gasteiger partial charge in [0, 0.05) is 19.2 Å². The van der Waals surface area contributed by atoms with Crippen molar-refractivity contribution in [3.63, 3.8) is 0 Å². The van der Waals surface area contributed by atoms with Gasteiger partial charge in [-0.25, -0.2) is 0 Å². The van der Waals surface area contributed by atoms with Crippen LogP contribution in [0.1, 0.15) is 46.0 Å². The number of methoxy groups -OCH3 is 1. The van der Waals surface area contributed by atoms with Crippen LogP contribution in [0.3, 0.4) is 0 Å². The number of amides is 1. The van der Waals surface area contributed by atoms with Gasteiger partial charge < -0.3 is 9.64 Å². The largest absolute Gasteiger partial charge is 0.364 e. The number of unbranched alkanes of at least 4 members (excludes halogenated alkanes) is 3. The van der Waals surface area contributed by atoms with Gasteiger partial charge in [-0.05, 0) is 19.8 Å². The Morgan fingerprint density at radius 3 is 2.44 bits per heavy atom. The van der Waals surface area contributed by atoms with E-state index in [1.54, 1.807) is 12.0 Å². The van der Waals surface area contributed by atoms with Crippen molar-refractivity contribution in [1.29, 1.82) is 0 Å². The molecule has 3 nitrogen and oxygen atoms in total. The summed E-state index contributed by atoms with van der Waals surface area (Å²) in [5.74, 6) is 0.0286. The number of carbonyl (C=O) groups is 1. The molecule has 0 N–H and O–H groups in total. The lowest BCUT2D eigenvalue weighted by Crippen LogP contribution is -2.33. The van der Waals surface area contributed by atoms with Gasteiger partial charge >= 0.3 is 0 Å². The number of rotatable bonds is 9. The third-order valence-corrected chi connectivity index (χ3v) is 2.59. The average Bonchev–Trinajstić information content (AvgIpc) is 2.30. The van der Waals surface area contributed by atoms with Gasteiger partial charge in [0.2, 0.25) is 0 Å². The zero-order valence-corrected chi connectivity index (χ0v) is 10.9. The lowest BCUT2D eigenvalue weighted by molar-refractivity contribution is -0.131. The maximum atomic E-state index is 11.9. The minimum absolute atomic E-state index is 0.0286. The Morgan fingerprint density at radius 1 is 1.25 bits per heavy atom. The van der Waals surface area contributed by atoms with Crippen molar-refractivity contribution in [2.45, 2.75) is 46.0 Å². The number of carbonyl (C=O) groups excluding carboxylic acids is 1. The van der Waals surface area contributed by atoms with E-state index in [-0.39, 0.29) is 5.91 Å². The highest BCUT2D eigenvalue weighted by Crippen LogP contribution is 2.11. The number of nitrogens with zero attached hydrogens (tertiary/aromatic N) is 1. The molecule has 0 radical (unpaired) electrons. The van der Waals surface area contributed by atoms with Crippen LogP contribution in [0.2, 0.25) is 0 Å². The van der Waals surface area contributed by atoms with Gasteiger partial charge in [-0.3, -0.25) is 4.79 Å². The van der Waals surface area contributed by atoms with Crippen LogP contribution in [0.15, 0.2) is 12.2 Å². The number of hydrogen-bond acceptors (Lipinski definition) is 2. The summed E-state index contributed by atoms with van der Waals surface area (Å²) in [7, 11) is 1.60. The molecule has 0 aliphatic heterocycles. The first-order chi connectivity index (χ1) is 7.67. The second kappa shape index (κ2) is 9.40. The molecule has 0 unspecified atom stereocenters. The number of likely N-dealkylation sites (N-methyl/N-ethyl adjacent to an activating group) is 1. The molecular weight excluding hydrogens is 202 g/mol. The highest BCUT2D eigenvalue weighted by Gasteiger charge is 2.13. The van der Waals surface area contributed by atoms with E-state index in [4.69, 9.17) is 4.74 Å². The molecule has 0 aromatic rings. The highest BCUT2D eigenvalue weighted by atomic mass is 16.5. The van der Waals surface area contributed by atoms with Crippen molar-refractivity contribution in [2.75, 3.05) is 20.4 Å². The first-order valence-electron chi connectivity index (χ1n) is 6.13. The van der Waals surface area contributed by atoms with E-state index < -0.39 is 0 Å². The first-order valence-corrected chi connectivity index (χ1v) is 6.13. The second-order valence-corrected chi connectivity index (χ2v) is 3.99. The molecule has 0 fully saturated rings. The third kappa shape index (κ3) is 5.91. The van der Waals surface area contributed by atoms with Crippen molar-refractivity contribution in [2.24, 2.45) is 0 Å². The maximum Gasteiger partial charge on any atom is 0.250 e. The van der Waals surface area contributed by atoms with E-state index in [0.717, 1.165) is 12.8 Å². The van der Waals surface area contributed by atoms with Gasteiger partial charge in [0.1, 0.15) is 6.73 Å². The van der Waals surface area contributed by atoms with E-state index in [9.17, 15) is 4.79 Å². The summed E-state index contributed by atoms with van der Waals surface area (Å²) in [6, 6.07) is 0. The Balaban J connectivity index is 3.91. The highest BCUT2D eigenvalue weighted by molar-refractivity contribution is 5.92. The lowest BCUT2D eigenvalue weighted by atomic mass is 10.1. The molecule has 0 aromatic carbocycles. The molecule has 0 atom stereocenters. The Bertz CT molecular complexity index is 214. The van der Waals surface area contributed by atoms with Gasteiger partial charge in [-0.15, -0.1) is 0 Å². The Kier molecular flexibility index (Phi) is 8.91. The molecule has 94 valence electrons. The minimum Gasteiger partial charge on any atom is -0.364 e. The van der Waals surface area contributed by atoms with Crippen molar-refractivity contribution >= 4 is 5.91 Å². The van der Waals surface area contributed by atoms with E-state index in [1.807, 2.05) is 6.92 Å². The Hall–Kier alpha value is -0.830. The number of ether oxygens (including phenoxy) is 1.